The Bertz CT molecular complexity index is 1270. The number of rotatable bonds is 6. The van der Waals surface area contributed by atoms with E-state index in [2.05, 4.69) is 37.8 Å². The number of nitrogens with zero attached hydrogens (tertiary/aromatic N) is 3. The van der Waals surface area contributed by atoms with Crippen molar-refractivity contribution in [2.24, 2.45) is 0 Å². The molecule has 32 heavy (non-hydrogen) atoms. The molecule has 0 bridgehead atoms. The first-order chi connectivity index (χ1) is 15.6. The molecule has 2 aromatic heterocycles. The summed E-state index contributed by atoms with van der Waals surface area (Å²) in [6.07, 6.45) is 4.20. The molecule has 162 valence electrons. The van der Waals surface area contributed by atoms with Crippen molar-refractivity contribution in [2.45, 2.75) is 32.2 Å². The Balaban J connectivity index is 1.25. The maximum atomic E-state index is 14.2. The average molecular weight is 429 g/mol. The minimum absolute atomic E-state index is 0.178. The van der Waals surface area contributed by atoms with Gasteiger partial charge in [-0.3, -0.25) is 4.98 Å². The number of nitrogens with one attached hydrogen (secondary N) is 3. The Hall–Kier alpha value is -3.74. The molecule has 0 amide bonds. The van der Waals surface area contributed by atoms with Crippen LogP contribution in [0.4, 0.5) is 27.4 Å². The van der Waals surface area contributed by atoms with Crippen molar-refractivity contribution in [1.82, 2.24) is 15.0 Å². The lowest BCUT2D eigenvalue weighted by molar-refractivity contribution is 0.596. The van der Waals surface area contributed by atoms with E-state index in [9.17, 15) is 4.39 Å². The molecule has 2 atom stereocenters. The quantitative estimate of drug-likeness (QED) is 0.370. The largest absolute Gasteiger partial charge is 0.379 e. The molecule has 0 spiro atoms. The van der Waals surface area contributed by atoms with E-state index in [0.29, 0.717) is 11.5 Å². The van der Waals surface area contributed by atoms with Crippen LogP contribution in [-0.2, 0) is 0 Å². The fourth-order valence-corrected chi connectivity index (χ4v) is 4.46. The summed E-state index contributed by atoms with van der Waals surface area (Å²) < 4.78 is 14.2. The Labute approximate surface area is 186 Å². The minimum atomic E-state index is -0.178. The first-order valence-electron chi connectivity index (χ1n) is 10.8. The van der Waals surface area contributed by atoms with Gasteiger partial charge in [0.15, 0.2) is 0 Å². The Kier molecular flexibility index (Phi) is 5.31. The number of hydrogen-bond acceptors (Lipinski definition) is 6. The number of anilines is 4. The smallest absolute Gasteiger partial charge is 0.146 e. The predicted octanol–water partition coefficient (Wildman–Crippen LogP) is 5.62. The van der Waals surface area contributed by atoms with Gasteiger partial charge in [-0.2, -0.15) is 0 Å². The van der Waals surface area contributed by atoms with Gasteiger partial charge in [0, 0.05) is 30.0 Å². The van der Waals surface area contributed by atoms with E-state index in [4.69, 9.17) is 0 Å². The number of fused-ring (bicyclic) bond motifs is 2. The van der Waals surface area contributed by atoms with Crippen LogP contribution >= 0.6 is 0 Å². The number of aromatic nitrogens is 3. The molecule has 0 saturated carbocycles. The van der Waals surface area contributed by atoms with Gasteiger partial charge in [-0.25, -0.2) is 14.4 Å². The SMILES string of the molecule is Cc1ccc(F)c2c1C(CCNc1cc(Nc3cnc4ccccc4c3)ncn1)C(C)N2. The van der Waals surface area contributed by atoms with Gasteiger partial charge < -0.3 is 16.0 Å². The fraction of sp³-hybridized carbons (Fsp3) is 0.240. The molecule has 3 heterocycles. The van der Waals surface area contributed by atoms with Crippen LogP contribution in [-0.4, -0.2) is 27.5 Å². The van der Waals surface area contributed by atoms with Gasteiger partial charge in [-0.15, -0.1) is 0 Å². The van der Waals surface area contributed by atoms with Crippen LogP contribution in [0, 0.1) is 12.7 Å². The molecule has 2 aromatic carbocycles. The van der Waals surface area contributed by atoms with Gasteiger partial charge in [0.25, 0.3) is 0 Å². The zero-order chi connectivity index (χ0) is 22.1. The van der Waals surface area contributed by atoms with Gasteiger partial charge in [0.2, 0.25) is 0 Å². The molecule has 7 heteroatoms. The first-order valence-corrected chi connectivity index (χ1v) is 10.8. The van der Waals surface area contributed by atoms with Crippen LogP contribution in [0.5, 0.6) is 0 Å². The van der Waals surface area contributed by atoms with E-state index in [1.54, 1.807) is 6.20 Å². The van der Waals surface area contributed by atoms with Crippen LogP contribution in [0.1, 0.15) is 30.4 Å². The standard InChI is InChI=1S/C25H25FN6/c1-15-7-8-20(26)25-24(15)19(16(2)31-25)9-10-27-22-12-23(30-14-29-22)32-18-11-17-5-3-4-6-21(17)28-13-18/h3-8,11-14,16,19,31H,9-10H2,1-2H3,(H2,27,29,30,32). The molecular weight excluding hydrogens is 403 g/mol. The highest BCUT2D eigenvalue weighted by Crippen LogP contribution is 2.41. The highest BCUT2D eigenvalue weighted by atomic mass is 19.1. The molecular formula is C25H25FN6. The van der Waals surface area contributed by atoms with Crippen molar-refractivity contribution < 1.29 is 4.39 Å². The van der Waals surface area contributed by atoms with Gasteiger partial charge in [0.1, 0.15) is 23.8 Å². The van der Waals surface area contributed by atoms with Crippen molar-refractivity contribution in [1.29, 1.82) is 0 Å². The van der Waals surface area contributed by atoms with Gasteiger partial charge >= 0.3 is 0 Å². The molecule has 0 aliphatic carbocycles. The summed E-state index contributed by atoms with van der Waals surface area (Å²) >= 11 is 0. The third-order valence-corrected chi connectivity index (χ3v) is 6.05. The van der Waals surface area contributed by atoms with Crippen molar-refractivity contribution in [3.05, 3.63) is 78.0 Å². The first kappa shape index (κ1) is 20.2. The van der Waals surface area contributed by atoms with E-state index >= 15 is 0 Å². The number of benzene rings is 2. The fourth-order valence-electron chi connectivity index (χ4n) is 4.46. The van der Waals surface area contributed by atoms with Crippen LogP contribution in [0.3, 0.4) is 0 Å². The summed E-state index contributed by atoms with van der Waals surface area (Å²) in [5.74, 6) is 1.50. The number of aryl methyl sites for hydroxylation is 1. The van der Waals surface area contributed by atoms with Crippen LogP contribution in [0.2, 0.25) is 0 Å². The molecule has 3 N–H and O–H groups in total. The summed E-state index contributed by atoms with van der Waals surface area (Å²) in [6.45, 7) is 4.87. The van der Waals surface area contributed by atoms with Crippen molar-refractivity contribution >= 4 is 33.9 Å². The Morgan fingerprint density at radius 3 is 2.78 bits per heavy atom. The average Bonchev–Trinajstić information content (AvgIpc) is 3.14. The second-order valence-electron chi connectivity index (χ2n) is 8.24. The molecule has 2 unspecified atom stereocenters. The van der Waals surface area contributed by atoms with E-state index in [1.807, 2.05) is 49.4 Å². The van der Waals surface area contributed by atoms with Gasteiger partial charge in [0.05, 0.1) is 23.1 Å². The molecule has 1 aliphatic heterocycles. The number of para-hydroxylation sites is 1. The summed E-state index contributed by atoms with van der Waals surface area (Å²) in [7, 11) is 0. The topological polar surface area (TPSA) is 74.8 Å². The second-order valence-corrected chi connectivity index (χ2v) is 8.24. The van der Waals surface area contributed by atoms with Crippen LogP contribution < -0.4 is 16.0 Å². The number of pyridine rings is 1. The van der Waals surface area contributed by atoms with E-state index in [1.165, 1.54) is 12.4 Å². The molecule has 0 saturated heterocycles. The molecule has 0 fully saturated rings. The lowest BCUT2D eigenvalue weighted by Gasteiger charge is -2.18. The highest BCUT2D eigenvalue weighted by Gasteiger charge is 2.32. The molecule has 4 aromatic rings. The second kappa shape index (κ2) is 8.42. The summed E-state index contributed by atoms with van der Waals surface area (Å²) in [5, 5.41) is 11.1. The Morgan fingerprint density at radius 1 is 1.03 bits per heavy atom. The van der Waals surface area contributed by atoms with Gasteiger partial charge in [-0.05, 0) is 49.6 Å². The van der Waals surface area contributed by atoms with Crippen LogP contribution in [0.25, 0.3) is 10.9 Å². The number of halogens is 1. The summed E-state index contributed by atoms with van der Waals surface area (Å²) in [6, 6.07) is 15.5. The third-order valence-electron chi connectivity index (χ3n) is 6.05. The Morgan fingerprint density at radius 2 is 1.88 bits per heavy atom. The van der Waals surface area contributed by atoms with Crippen molar-refractivity contribution in [3.63, 3.8) is 0 Å². The lowest BCUT2D eigenvalue weighted by atomic mass is 9.89. The molecule has 5 rings (SSSR count). The number of hydrogen-bond donors (Lipinski definition) is 3. The summed E-state index contributed by atoms with van der Waals surface area (Å²) in [5.41, 5.74) is 4.69. The zero-order valence-electron chi connectivity index (χ0n) is 18.1. The lowest BCUT2D eigenvalue weighted by Crippen LogP contribution is -2.19. The maximum absolute atomic E-state index is 14.2. The van der Waals surface area contributed by atoms with E-state index in [0.717, 1.165) is 46.5 Å². The van der Waals surface area contributed by atoms with E-state index in [-0.39, 0.29) is 17.8 Å². The molecule has 0 radical (unpaired) electrons. The maximum Gasteiger partial charge on any atom is 0.146 e. The van der Waals surface area contributed by atoms with Crippen LogP contribution in [0.15, 0.2) is 61.1 Å². The van der Waals surface area contributed by atoms with Gasteiger partial charge in [-0.1, -0.05) is 24.3 Å². The summed E-state index contributed by atoms with van der Waals surface area (Å²) in [4.78, 5) is 13.1. The molecule has 6 nitrogen and oxygen atoms in total. The molecule has 1 aliphatic rings. The minimum Gasteiger partial charge on any atom is -0.379 e. The normalized spacial score (nSPS) is 17.1. The zero-order valence-corrected chi connectivity index (χ0v) is 18.1. The predicted molar refractivity (Wildman–Crippen MR) is 127 cm³/mol. The van der Waals surface area contributed by atoms with Crippen molar-refractivity contribution in [2.75, 3.05) is 22.5 Å². The van der Waals surface area contributed by atoms with E-state index < -0.39 is 0 Å². The van der Waals surface area contributed by atoms with Crippen molar-refractivity contribution in [3.8, 4) is 0 Å². The monoisotopic (exact) mass is 428 g/mol. The highest BCUT2D eigenvalue weighted by molar-refractivity contribution is 5.82. The third kappa shape index (κ3) is 3.93.